The van der Waals surface area contributed by atoms with Gasteiger partial charge in [0.25, 0.3) is 5.56 Å². The molecule has 1 atom stereocenters. The van der Waals surface area contributed by atoms with Gasteiger partial charge in [0.05, 0.1) is 33.6 Å². The molecule has 39 heavy (non-hydrogen) atoms. The van der Waals surface area contributed by atoms with Gasteiger partial charge in [-0.3, -0.25) is 9.52 Å². The fourth-order valence-electron chi connectivity index (χ4n) is 3.58. The Morgan fingerprint density at radius 1 is 1.21 bits per heavy atom. The molecule has 1 saturated heterocycles. The fraction of sp³-hybridized carbons (Fsp3) is 0.318. The van der Waals surface area contributed by atoms with Gasteiger partial charge < -0.3 is 15.0 Å². The van der Waals surface area contributed by atoms with Crippen LogP contribution < -0.4 is 15.6 Å². The first-order chi connectivity index (χ1) is 18.0. The molecule has 1 aromatic heterocycles. The number of anilines is 3. The molecule has 0 radical (unpaired) electrons. The van der Waals surface area contributed by atoms with Crippen molar-refractivity contribution in [1.29, 1.82) is 0 Å². The molecule has 2 aromatic carbocycles. The number of halogens is 6. The molecule has 17 heteroatoms. The highest BCUT2D eigenvalue weighted by atomic mass is 35.5. The molecule has 0 amide bonds. The van der Waals surface area contributed by atoms with Gasteiger partial charge in [-0.25, -0.2) is 18.6 Å². The third kappa shape index (κ3) is 6.75. The second-order valence-electron chi connectivity index (χ2n) is 8.36. The van der Waals surface area contributed by atoms with Gasteiger partial charge in [0, 0.05) is 25.8 Å². The van der Waals surface area contributed by atoms with Crippen molar-refractivity contribution in [3.63, 3.8) is 0 Å². The van der Waals surface area contributed by atoms with E-state index in [1.54, 1.807) is 26.1 Å². The van der Waals surface area contributed by atoms with Gasteiger partial charge in [0.15, 0.2) is 0 Å². The third-order valence-corrected chi connectivity index (χ3v) is 7.49. The Morgan fingerprint density at radius 2 is 1.82 bits per heavy atom. The number of rotatable bonds is 5. The lowest BCUT2D eigenvalue weighted by Crippen LogP contribution is -2.34. The van der Waals surface area contributed by atoms with Crippen LogP contribution in [-0.4, -0.2) is 58.8 Å². The molecule has 0 unspecified atom stereocenters. The number of nitrogens with one attached hydrogen (secondary N) is 2. The van der Waals surface area contributed by atoms with Crippen LogP contribution in [0.15, 0.2) is 35.4 Å². The van der Waals surface area contributed by atoms with E-state index in [2.05, 4.69) is 15.0 Å². The SMILES string of the molecule is Cc1c(Nc2c(F)ccc(NS(=O)(=O)N3CC[C@H](F)C3)c2Cl)ccc2ncn(C)c(=O)c12.O=C(O)C(F)(F)F. The van der Waals surface area contributed by atoms with Gasteiger partial charge in [-0.2, -0.15) is 25.9 Å². The molecule has 10 nitrogen and oxygen atoms in total. The summed E-state index contributed by atoms with van der Waals surface area (Å²) >= 11 is 6.33. The number of alkyl halides is 4. The minimum atomic E-state index is -5.08. The number of carboxylic acid groups (broad SMARTS) is 1. The minimum absolute atomic E-state index is 0.0414. The standard InChI is InChI=1S/C20H20ClF2N5O3S.C2HF3O2/c1-11-14(5-6-15-17(11)20(29)27(2)10-24-15)25-19-13(23)3-4-16(18(19)21)26-32(30,31)28-8-7-12(22)9-28;3-2(4,5)1(6)7/h3-6,10,12,25-26H,7-9H2,1-2H3;(H,6,7)/t12-;/m0./s1. The van der Waals surface area contributed by atoms with Gasteiger partial charge in [0.1, 0.15) is 12.0 Å². The topological polar surface area (TPSA) is 134 Å². The molecule has 4 rings (SSSR count). The second kappa shape index (κ2) is 11.3. The Balaban J connectivity index is 0.000000532. The van der Waals surface area contributed by atoms with E-state index in [9.17, 15) is 35.2 Å². The summed E-state index contributed by atoms with van der Waals surface area (Å²) in [5, 5.41) is 10.1. The number of fused-ring (bicyclic) bond motifs is 1. The van der Waals surface area contributed by atoms with Crippen LogP contribution in [0, 0.1) is 12.7 Å². The van der Waals surface area contributed by atoms with E-state index < -0.39 is 34.3 Å². The van der Waals surface area contributed by atoms with E-state index >= 15 is 0 Å². The van der Waals surface area contributed by atoms with Gasteiger partial charge >= 0.3 is 22.4 Å². The number of carbonyl (C=O) groups is 1. The molecule has 212 valence electrons. The average molecular weight is 598 g/mol. The van der Waals surface area contributed by atoms with Crippen LogP contribution in [0.1, 0.15) is 12.0 Å². The monoisotopic (exact) mass is 597 g/mol. The Labute approximate surface area is 223 Å². The maximum absolute atomic E-state index is 14.6. The van der Waals surface area contributed by atoms with Crippen molar-refractivity contribution in [3.05, 3.63) is 57.3 Å². The van der Waals surface area contributed by atoms with Gasteiger partial charge in [0.2, 0.25) is 0 Å². The molecule has 0 aliphatic carbocycles. The Morgan fingerprint density at radius 3 is 2.38 bits per heavy atom. The highest BCUT2D eigenvalue weighted by molar-refractivity contribution is 7.90. The molecule has 1 aliphatic rings. The first-order valence-electron chi connectivity index (χ1n) is 10.9. The van der Waals surface area contributed by atoms with Crippen LogP contribution in [-0.2, 0) is 22.1 Å². The minimum Gasteiger partial charge on any atom is -0.475 e. The number of aryl methyl sites for hydroxylation is 2. The highest BCUT2D eigenvalue weighted by Gasteiger charge is 2.38. The zero-order valence-electron chi connectivity index (χ0n) is 20.2. The molecular weight excluding hydrogens is 577 g/mol. The molecule has 0 saturated carbocycles. The summed E-state index contributed by atoms with van der Waals surface area (Å²) in [6, 6.07) is 5.49. The number of carboxylic acids is 1. The first-order valence-corrected chi connectivity index (χ1v) is 12.8. The van der Waals surface area contributed by atoms with Gasteiger partial charge in [-0.15, -0.1) is 0 Å². The van der Waals surface area contributed by atoms with Crippen LogP contribution in [0.25, 0.3) is 10.9 Å². The van der Waals surface area contributed by atoms with Crippen molar-refractivity contribution in [2.24, 2.45) is 7.05 Å². The van der Waals surface area contributed by atoms with Crippen LogP contribution >= 0.6 is 11.6 Å². The maximum atomic E-state index is 14.6. The number of aliphatic carboxylic acids is 1. The van der Waals surface area contributed by atoms with Crippen LogP contribution in [0.3, 0.4) is 0 Å². The zero-order chi connectivity index (χ0) is 29.3. The fourth-order valence-corrected chi connectivity index (χ4v) is 5.16. The smallest absolute Gasteiger partial charge is 0.475 e. The molecule has 2 heterocycles. The van der Waals surface area contributed by atoms with E-state index in [0.717, 1.165) is 10.4 Å². The lowest BCUT2D eigenvalue weighted by atomic mass is 10.1. The largest absolute Gasteiger partial charge is 0.490 e. The summed E-state index contributed by atoms with van der Waals surface area (Å²) in [6.07, 6.45) is -4.79. The van der Waals surface area contributed by atoms with E-state index in [0.29, 0.717) is 22.2 Å². The average Bonchev–Trinajstić information content (AvgIpc) is 3.29. The van der Waals surface area contributed by atoms with Crippen LogP contribution in [0.5, 0.6) is 0 Å². The number of benzene rings is 2. The van der Waals surface area contributed by atoms with Crippen molar-refractivity contribution in [2.45, 2.75) is 25.7 Å². The summed E-state index contributed by atoms with van der Waals surface area (Å²) in [7, 11) is -2.49. The van der Waals surface area contributed by atoms with E-state index in [4.69, 9.17) is 21.5 Å². The Kier molecular flexibility index (Phi) is 8.72. The number of hydrogen-bond donors (Lipinski definition) is 3. The van der Waals surface area contributed by atoms with Crippen molar-refractivity contribution >= 4 is 55.7 Å². The van der Waals surface area contributed by atoms with E-state index in [1.165, 1.54) is 17.0 Å². The predicted molar refractivity (Wildman–Crippen MR) is 134 cm³/mol. The second-order valence-corrected chi connectivity index (χ2v) is 10.4. The lowest BCUT2D eigenvalue weighted by Gasteiger charge is -2.19. The Hall–Kier alpha value is -3.50. The van der Waals surface area contributed by atoms with Crippen molar-refractivity contribution < 1.29 is 40.3 Å². The number of aromatic nitrogens is 2. The summed E-state index contributed by atoms with van der Waals surface area (Å²) in [5.74, 6) is -3.48. The zero-order valence-corrected chi connectivity index (χ0v) is 21.8. The van der Waals surface area contributed by atoms with E-state index in [-0.39, 0.29) is 41.5 Å². The van der Waals surface area contributed by atoms with Crippen LogP contribution in [0.4, 0.5) is 39.0 Å². The lowest BCUT2D eigenvalue weighted by molar-refractivity contribution is -0.192. The molecule has 3 aromatic rings. The maximum Gasteiger partial charge on any atom is 0.490 e. The summed E-state index contributed by atoms with van der Waals surface area (Å²) in [6.45, 7) is 1.48. The summed E-state index contributed by atoms with van der Waals surface area (Å²) in [4.78, 5) is 25.6. The summed E-state index contributed by atoms with van der Waals surface area (Å²) in [5.41, 5.74) is 0.933. The number of nitrogens with zero attached hydrogens (tertiary/aromatic N) is 3. The third-order valence-electron chi connectivity index (χ3n) is 5.61. The highest BCUT2D eigenvalue weighted by Crippen LogP contribution is 2.37. The molecule has 0 bridgehead atoms. The first kappa shape index (κ1) is 30.0. The van der Waals surface area contributed by atoms with Crippen molar-refractivity contribution in [3.8, 4) is 0 Å². The number of hydrogen-bond acceptors (Lipinski definition) is 6. The van der Waals surface area contributed by atoms with Crippen molar-refractivity contribution in [2.75, 3.05) is 23.1 Å². The molecule has 0 spiro atoms. The molecule has 1 aliphatic heterocycles. The summed E-state index contributed by atoms with van der Waals surface area (Å²) < 4.78 is 89.5. The van der Waals surface area contributed by atoms with Crippen molar-refractivity contribution in [1.82, 2.24) is 13.9 Å². The Bertz CT molecular complexity index is 1580. The molecule has 1 fully saturated rings. The quantitative estimate of drug-likeness (QED) is 0.377. The van der Waals surface area contributed by atoms with Gasteiger partial charge in [-0.1, -0.05) is 11.6 Å². The van der Waals surface area contributed by atoms with Crippen LogP contribution in [0.2, 0.25) is 5.02 Å². The predicted octanol–water partition coefficient (Wildman–Crippen LogP) is 4.11. The normalized spacial score (nSPS) is 16.1. The molecule has 3 N–H and O–H groups in total. The molecular formula is C22H21ClF5N5O5S. The van der Waals surface area contributed by atoms with E-state index in [1.807, 2.05) is 0 Å². The van der Waals surface area contributed by atoms with Gasteiger partial charge in [-0.05, 0) is 43.2 Å².